The molecule has 0 aliphatic carbocycles. The van der Waals surface area contributed by atoms with Gasteiger partial charge in [0, 0.05) is 13.2 Å². The Balaban J connectivity index is 2.14. The lowest BCUT2D eigenvalue weighted by Gasteiger charge is -2.16. The number of para-hydroxylation sites is 1. The van der Waals surface area contributed by atoms with Crippen LogP contribution in [0.4, 0.5) is 0 Å². The number of benzene rings is 2. The summed E-state index contributed by atoms with van der Waals surface area (Å²) in [6.45, 7) is 0.464. The molecule has 2 aromatic carbocycles. The number of hydrogen-bond acceptors (Lipinski definition) is 3. The smallest absolute Gasteiger partial charge is 0.192 e. The summed E-state index contributed by atoms with van der Waals surface area (Å²) in [5.41, 5.74) is 1.65. The Morgan fingerprint density at radius 3 is 2.52 bits per heavy atom. The Morgan fingerprint density at radius 2 is 1.76 bits per heavy atom. The summed E-state index contributed by atoms with van der Waals surface area (Å²) in [5, 5.41) is 0.602. The standard InChI is InChI=1S/C18H16O3/c1-20-12-15(13-7-3-2-4-8-13)18-11-16(19)14-9-5-6-10-17(14)21-18/h2-11,15H,12H2,1H3. The molecule has 0 N–H and O–H groups in total. The van der Waals surface area contributed by atoms with Crippen molar-refractivity contribution in [2.24, 2.45) is 0 Å². The van der Waals surface area contributed by atoms with E-state index in [0.29, 0.717) is 23.3 Å². The van der Waals surface area contributed by atoms with Gasteiger partial charge in [0.05, 0.1) is 17.9 Å². The monoisotopic (exact) mass is 280 g/mol. The van der Waals surface area contributed by atoms with E-state index in [1.807, 2.05) is 48.5 Å². The van der Waals surface area contributed by atoms with Gasteiger partial charge in [-0.3, -0.25) is 4.79 Å². The average molecular weight is 280 g/mol. The molecule has 0 amide bonds. The van der Waals surface area contributed by atoms with Crippen LogP contribution in [0.1, 0.15) is 17.2 Å². The quantitative estimate of drug-likeness (QED) is 0.733. The highest BCUT2D eigenvalue weighted by molar-refractivity contribution is 5.76. The molecule has 3 heteroatoms. The SMILES string of the molecule is COCC(c1ccccc1)c1cc(=O)c2ccccc2o1. The molecule has 106 valence electrons. The largest absolute Gasteiger partial charge is 0.460 e. The highest BCUT2D eigenvalue weighted by atomic mass is 16.5. The van der Waals surface area contributed by atoms with Crippen LogP contribution >= 0.6 is 0 Å². The van der Waals surface area contributed by atoms with E-state index in [0.717, 1.165) is 5.56 Å². The van der Waals surface area contributed by atoms with E-state index in [2.05, 4.69) is 0 Å². The summed E-state index contributed by atoms with van der Waals surface area (Å²) in [7, 11) is 1.65. The molecule has 3 rings (SSSR count). The molecule has 3 aromatic rings. The first kappa shape index (κ1) is 13.6. The molecule has 0 aliphatic heterocycles. The van der Waals surface area contributed by atoms with Gasteiger partial charge < -0.3 is 9.15 Å². The van der Waals surface area contributed by atoms with Crippen LogP contribution in [0.3, 0.4) is 0 Å². The number of rotatable bonds is 4. The molecule has 1 aromatic heterocycles. The van der Waals surface area contributed by atoms with Gasteiger partial charge in [-0.25, -0.2) is 0 Å². The molecule has 0 radical (unpaired) electrons. The van der Waals surface area contributed by atoms with Gasteiger partial charge in [-0.15, -0.1) is 0 Å². The van der Waals surface area contributed by atoms with E-state index in [1.54, 1.807) is 19.2 Å². The Kier molecular flexibility index (Phi) is 3.84. The van der Waals surface area contributed by atoms with Gasteiger partial charge in [-0.2, -0.15) is 0 Å². The number of ether oxygens (including phenoxy) is 1. The maximum atomic E-state index is 12.2. The van der Waals surface area contributed by atoms with Crippen molar-refractivity contribution in [2.45, 2.75) is 5.92 Å². The summed E-state index contributed by atoms with van der Waals surface area (Å²) in [4.78, 5) is 12.2. The highest BCUT2D eigenvalue weighted by Crippen LogP contribution is 2.26. The third-order valence-electron chi connectivity index (χ3n) is 3.53. The van der Waals surface area contributed by atoms with Crippen molar-refractivity contribution < 1.29 is 9.15 Å². The third kappa shape index (κ3) is 2.73. The molecule has 1 heterocycles. The van der Waals surface area contributed by atoms with E-state index in [1.165, 1.54) is 0 Å². The molecule has 0 saturated carbocycles. The van der Waals surface area contributed by atoms with Crippen LogP contribution in [0, 0.1) is 0 Å². The van der Waals surface area contributed by atoms with Crippen LogP contribution in [0.5, 0.6) is 0 Å². The molecular formula is C18H16O3. The Labute approximate surface area is 122 Å². The lowest BCUT2D eigenvalue weighted by atomic mass is 9.96. The van der Waals surface area contributed by atoms with Crippen molar-refractivity contribution in [3.05, 3.63) is 82.2 Å². The molecule has 1 unspecified atom stereocenters. The fraction of sp³-hybridized carbons (Fsp3) is 0.167. The lowest BCUT2D eigenvalue weighted by Crippen LogP contribution is -2.11. The fourth-order valence-corrected chi connectivity index (χ4v) is 2.49. The zero-order chi connectivity index (χ0) is 14.7. The van der Waals surface area contributed by atoms with Crippen molar-refractivity contribution in [2.75, 3.05) is 13.7 Å². The molecule has 0 saturated heterocycles. The highest BCUT2D eigenvalue weighted by Gasteiger charge is 2.18. The van der Waals surface area contributed by atoms with Crippen LogP contribution in [0.15, 0.2) is 69.9 Å². The first-order valence-electron chi connectivity index (χ1n) is 6.86. The molecule has 0 aliphatic rings. The second kappa shape index (κ2) is 5.94. The normalized spacial score (nSPS) is 12.4. The second-order valence-electron chi connectivity index (χ2n) is 4.93. The van der Waals surface area contributed by atoms with E-state index >= 15 is 0 Å². The topological polar surface area (TPSA) is 39.4 Å². The zero-order valence-corrected chi connectivity index (χ0v) is 11.8. The minimum absolute atomic E-state index is 0.0242. The number of methoxy groups -OCH3 is 1. The second-order valence-corrected chi connectivity index (χ2v) is 4.93. The van der Waals surface area contributed by atoms with Gasteiger partial charge in [-0.05, 0) is 17.7 Å². The van der Waals surface area contributed by atoms with E-state index in [-0.39, 0.29) is 11.3 Å². The minimum atomic E-state index is -0.0893. The van der Waals surface area contributed by atoms with E-state index in [9.17, 15) is 4.79 Å². The van der Waals surface area contributed by atoms with Gasteiger partial charge in [0.1, 0.15) is 11.3 Å². The zero-order valence-electron chi connectivity index (χ0n) is 11.8. The van der Waals surface area contributed by atoms with Crippen LogP contribution in [0.2, 0.25) is 0 Å². The van der Waals surface area contributed by atoms with Gasteiger partial charge in [0.15, 0.2) is 5.43 Å². The molecule has 0 fully saturated rings. The van der Waals surface area contributed by atoms with Crippen molar-refractivity contribution in [3.8, 4) is 0 Å². The Morgan fingerprint density at radius 1 is 1.05 bits per heavy atom. The van der Waals surface area contributed by atoms with Gasteiger partial charge in [0.2, 0.25) is 0 Å². The van der Waals surface area contributed by atoms with E-state index in [4.69, 9.17) is 9.15 Å². The maximum Gasteiger partial charge on any atom is 0.192 e. The number of fused-ring (bicyclic) bond motifs is 1. The summed E-state index contributed by atoms with van der Waals surface area (Å²) in [6, 6.07) is 18.8. The van der Waals surface area contributed by atoms with Gasteiger partial charge in [0.25, 0.3) is 0 Å². The van der Waals surface area contributed by atoms with Crippen molar-refractivity contribution in [3.63, 3.8) is 0 Å². The molecule has 3 nitrogen and oxygen atoms in total. The molecule has 21 heavy (non-hydrogen) atoms. The lowest BCUT2D eigenvalue weighted by molar-refractivity contribution is 0.182. The van der Waals surface area contributed by atoms with Crippen molar-refractivity contribution in [1.29, 1.82) is 0 Å². The molecule has 0 bridgehead atoms. The molecule has 0 spiro atoms. The van der Waals surface area contributed by atoms with E-state index < -0.39 is 0 Å². The first-order chi connectivity index (χ1) is 10.3. The molecule has 1 atom stereocenters. The fourth-order valence-electron chi connectivity index (χ4n) is 2.49. The van der Waals surface area contributed by atoms with Crippen LogP contribution in [0.25, 0.3) is 11.0 Å². The molecular weight excluding hydrogens is 264 g/mol. The number of hydrogen-bond donors (Lipinski definition) is 0. The van der Waals surface area contributed by atoms with Crippen molar-refractivity contribution >= 4 is 11.0 Å². The van der Waals surface area contributed by atoms with Gasteiger partial charge in [-0.1, -0.05) is 42.5 Å². The summed E-state index contributed by atoms with van der Waals surface area (Å²) in [5.74, 6) is 0.542. The third-order valence-corrected chi connectivity index (χ3v) is 3.53. The summed E-state index contributed by atoms with van der Waals surface area (Å²) in [6.07, 6.45) is 0. The summed E-state index contributed by atoms with van der Waals surface area (Å²) >= 11 is 0. The van der Waals surface area contributed by atoms with Crippen LogP contribution < -0.4 is 5.43 Å². The predicted molar refractivity (Wildman–Crippen MR) is 82.6 cm³/mol. The van der Waals surface area contributed by atoms with Crippen molar-refractivity contribution in [1.82, 2.24) is 0 Å². The first-order valence-corrected chi connectivity index (χ1v) is 6.86. The maximum absolute atomic E-state index is 12.2. The summed E-state index contributed by atoms with van der Waals surface area (Å²) < 4.78 is 11.2. The van der Waals surface area contributed by atoms with Crippen LogP contribution in [-0.2, 0) is 4.74 Å². The van der Waals surface area contributed by atoms with Crippen LogP contribution in [-0.4, -0.2) is 13.7 Å². The Hall–Kier alpha value is -2.39. The predicted octanol–water partition coefficient (Wildman–Crippen LogP) is 3.57. The Bertz CT molecular complexity index is 790. The van der Waals surface area contributed by atoms with Gasteiger partial charge >= 0.3 is 0 Å². The minimum Gasteiger partial charge on any atom is -0.460 e. The average Bonchev–Trinajstić information content (AvgIpc) is 2.53.